The highest BCUT2D eigenvalue weighted by Crippen LogP contribution is 2.10. The average Bonchev–Trinajstić information content (AvgIpc) is 2.00. The van der Waals surface area contributed by atoms with Crippen LogP contribution in [0.5, 0.6) is 0 Å². The second-order valence-corrected chi connectivity index (χ2v) is 2.58. The Kier molecular flexibility index (Phi) is 4.60. The van der Waals surface area contributed by atoms with E-state index < -0.39 is 12.2 Å². The van der Waals surface area contributed by atoms with Gasteiger partial charge in [-0.25, -0.2) is 0 Å². The van der Waals surface area contributed by atoms with Crippen LogP contribution in [0.1, 0.15) is 20.3 Å². The van der Waals surface area contributed by atoms with Gasteiger partial charge in [-0.2, -0.15) is 0 Å². The van der Waals surface area contributed by atoms with Gasteiger partial charge >= 0.3 is 0 Å². The van der Waals surface area contributed by atoms with Crippen LogP contribution in [0.4, 0.5) is 0 Å². The lowest BCUT2D eigenvalue weighted by Crippen LogP contribution is -2.31. The summed E-state index contributed by atoms with van der Waals surface area (Å²) in [4.78, 5) is 0. The fraction of sp³-hybridized carbons (Fsp3) is 1.00. The molecule has 3 heteroatoms. The number of aliphatic hydroxyl groups excluding tert-OH is 3. The van der Waals surface area contributed by atoms with E-state index in [0.717, 1.165) is 0 Å². The molecule has 0 heterocycles. The van der Waals surface area contributed by atoms with E-state index in [0.29, 0.717) is 6.42 Å². The second-order valence-electron chi connectivity index (χ2n) is 2.58. The van der Waals surface area contributed by atoms with Crippen LogP contribution in [0.25, 0.3) is 0 Å². The van der Waals surface area contributed by atoms with E-state index in [4.69, 9.17) is 15.3 Å². The monoisotopic (exact) mass is 148 g/mol. The van der Waals surface area contributed by atoms with Crippen LogP contribution in [0, 0.1) is 5.92 Å². The van der Waals surface area contributed by atoms with Crippen molar-refractivity contribution in [2.24, 2.45) is 5.92 Å². The van der Waals surface area contributed by atoms with Crippen LogP contribution in [0.2, 0.25) is 0 Å². The minimum absolute atomic E-state index is 0.241. The molecule has 0 aliphatic heterocycles. The summed E-state index contributed by atoms with van der Waals surface area (Å²) in [5.41, 5.74) is 0. The molecule has 0 aliphatic carbocycles. The lowest BCUT2D eigenvalue weighted by molar-refractivity contribution is -0.00893. The van der Waals surface area contributed by atoms with Crippen molar-refractivity contribution in [3.8, 4) is 0 Å². The molecule has 10 heavy (non-hydrogen) atoms. The Bertz CT molecular complexity index is 74.9. The molecule has 3 atom stereocenters. The molecule has 0 radical (unpaired) electrons. The molecule has 0 aromatic rings. The first-order valence-corrected chi connectivity index (χ1v) is 3.60. The summed E-state index contributed by atoms with van der Waals surface area (Å²) in [5, 5.41) is 26.7. The van der Waals surface area contributed by atoms with Gasteiger partial charge in [-0.05, 0) is 6.42 Å². The van der Waals surface area contributed by atoms with Crippen LogP contribution < -0.4 is 0 Å². The molecule has 0 spiro atoms. The van der Waals surface area contributed by atoms with Gasteiger partial charge in [0.1, 0.15) is 0 Å². The Morgan fingerprint density at radius 3 is 2.00 bits per heavy atom. The molecule has 0 aromatic carbocycles. The molecular formula is C7H16O3. The van der Waals surface area contributed by atoms with E-state index in [-0.39, 0.29) is 12.5 Å². The summed E-state index contributed by atoms with van der Waals surface area (Å²) in [6.45, 7) is 3.28. The van der Waals surface area contributed by atoms with Crippen LogP contribution in [0.15, 0.2) is 0 Å². The molecule has 0 rings (SSSR count). The number of rotatable bonds is 4. The molecule has 62 valence electrons. The highest BCUT2D eigenvalue weighted by molar-refractivity contribution is 4.69. The molecule has 0 bridgehead atoms. The van der Waals surface area contributed by atoms with E-state index in [2.05, 4.69) is 0 Å². The normalized spacial score (nSPS) is 20.1. The molecule has 0 aromatic heterocycles. The summed E-state index contributed by atoms with van der Waals surface area (Å²) >= 11 is 0. The largest absolute Gasteiger partial charge is 0.394 e. The molecule has 0 saturated carbocycles. The third-order valence-corrected chi connectivity index (χ3v) is 1.82. The summed E-state index contributed by atoms with van der Waals surface area (Å²) < 4.78 is 0. The molecule has 0 aliphatic rings. The lowest BCUT2D eigenvalue weighted by atomic mass is 9.97. The van der Waals surface area contributed by atoms with Crippen LogP contribution in [-0.2, 0) is 0 Å². The van der Waals surface area contributed by atoms with Crippen molar-refractivity contribution in [2.75, 3.05) is 6.61 Å². The summed E-state index contributed by atoms with van der Waals surface area (Å²) in [5.74, 6) is -0.241. The predicted molar refractivity (Wildman–Crippen MR) is 38.6 cm³/mol. The smallest absolute Gasteiger partial charge is 0.0820 e. The Morgan fingerprint density at radius 1 is 1.20 bits per heavy atom. The Hall–Kier alpha value is -0.120. The standard InChI is InChI=1S/C7H16O3/c1-3-6(9)5(2)7(10)4-8/h5-10H,3-4H2,1-2H3/t5?,6-,7-/m0/s1. The van der Waals surface area contributed by atoms with Crippen LogP contribution in [-0.4, -0.2) is 34.1 Å². The van der Waals surface area contributed by atoms with Gasteiger partial charge in [-0.1, -0.05) is 13.8 Å². The van der Waals surface area contributed by atoms with E-state index >= 15 is 0 Å². The molecule has 3 nitrogen and oxygen atoms in total. The highest BCUT2D eigenvalue weighted by atomic mass is 16.3. The van der Waals surface area contributed by atoms with E-state index in [1.165, 1.54) is 0 Å². The van der Waals surface area contributed by atoms with E-state index in [1.807, 2.05) is 6.92 Å². The maximum atomic E-state index is 9.16. The number of hydrogen-bond acceptors (Lipinski definition) is 3. The first-order valence-electron chi connectivity index (χ1n) is 3.60. The van der Waals surface area contributed by atoms with Gasteiger partial charge in [0.25, 0.3) is 0 Å². The van der Waals surface area contributed by atoms with E-state index in [9.17, 15) is 0 Å². The van der Waals surface area contributed by atoms with Gasteiger partial charge in [0, 0.05) is 5.92 Å². The van der Waals surface area contributed by atoms with Crippen molar-refractivity contribution in [1.82, 2.24) is 0 Å². The van der Waals surface area contributed by atoms with Crippen molar-refractivity contribution in [2.45, 2.75) is 32.5 Å². The summed E-state index contributed by atoms with van der Waals surface area (Å²) in [6.07, 6.45) is -0.699. The topological polar surface area (TPSA) is 60.7 Å². The lowest BCUT2D eigenvalue weighted by Gasteiger charge is -2.20. The zero-order chi connectivity index (χ0) is 8.15. The third kappa shape index (κ3) is 2.64. The maximum Gasteiger partial charge on any atom is 0.0820 e. The molecule has 0 saturated heterocycles. The number of aliphatic hydroxyl groups is 3. The Labute approximate surface area is 61.3 Å². The first kappa shape index (κ1) is 9.88. The average molecular weight is 148 g/mol. The van der Waals surface area contributed by atoms with Crippen molar-refractivity contribution < 1.29 is 15.3 Å². The fourth-order valence-corrected chi connectivity index (χ4v) is 0.794. The Morgan fingerprint density at radius 2 is 1.70 bits per heavy atom. The maximum absolute atomic E-state index is 9.16. The summed E-state index contributed by atoms with van der Waals surface area (Å²) in [7, 11) is 0. The van der Waals surface area contributed by atoms with Crippen molar-refractivity contribution >= 4 is 0 Å². The molecule has 0 fully saturated rings. The van der Waals surface area contributed by atoms with Gasteiger partial charge in [-0.3, -0.25) is 0 Å². The third-order valence-electron chi connectivity index (χ3n) is 1.82. The minimum Gasteiger partial charge on any atom is -0.394 e. The van der Waals surface area contributed by atoms with E-state index in [1.54, 1.807) is 6.92 Å². The van der Waals surface area contributed by atoms with Crippen molar-refractivity contribution in [3.05, 3.63) is 0 Å². The van der Waals surface area contributed by atoms with Gasteiger partial charge in [0.2, 0.25) is 0 Å². The molecule has 1 unspecified atom stereocenters. The first-order chi connectivity index (χ1) is 4.63. The minimum atomic E-state index is -0.796. The second kappa shape index (κ2) is 4.66. The molecule has 0 amide bonds. The Balaban J connectivity index is 3.69. The highest BCUT2D eigenvalue weighted by Gasteiger charge is 2.19. The summed E-state index contributed by atoms with van der Waals surface area (Å²) in [6, 6.07) is 0. The van der Waals surface area contributed by atoms with Crippen molar-refractivity contribution in [3.63, 3.8) is 0 Å². The van der Waals surface area contributed by atoms with Crippen LogP contribution >= 0.6 is 0 Å². The van der Waals surface area contributed by atoms with Crippen LogP contribution in [0.3, 0.4) is 0 Å². The quantitative estimate of drug-likeness (QED) is 0.515. The van der Waals surface area contributed by atoms with Gasteiger partial charge in [0.05, 0.1) is 18.8 Å². The predicted octanol–water partition coefficient (Wildman–Crippen LogP) is -0.253. The molecular weight excluding hydrogens is 132 g/mol. The fourth-order valence-electron chi connectivity index (χ4n) is 0.794. The van der Waals surface area contributed by atoms with Gasteiger partial charge in [0.15, 0.2) is 0 Å². The van der Waals surface area contributed by atoms with Crippen molar-refractivity contribution in [1.29, 1.82) is 0 Å². The van der Waals surface area contributed by atoms with Gasteiger partial charge in [-0.15, -0.1) is 0 Å². The SMILES string of the molecule is CC[C@H](O)C(C)[C@@H](O)CO. The number of hydrogen-bond donors (Lipinski definition) is 3. The zero-order valence-electron chi connectivity index (χ0n) is 6.49. The van der Waals surface area contributed by atoms with Gasteiger partial charge < -0.3 is 15.3 Å². The zero-order valence-corrected chi connectivity index (χ0v) is 6.49. The molecule has 3 N–H and O–H groups in total.